The monoisotopic (exact) mass is 331 g/mol. The first-order valence-corrected chi connectivity index (χ1v) is 9.40. The molecule has 1 saturated carbocycles. The second-order valence-electron chi connectivity index (χ2n) is 6.85. The Kier molecular flexibility index (Phi) is 6.47. The van der Waals surface area contributed by atoms with Crippen LogP contribution in [0.5, 0.6) is 0 Å². The van der Waals surface area contributed by atoms with Gasteiger partial charge in [0.1, 0.15) is 0 Å². The quantitative estimate of drug-likeness (QED) is 0.809. The molecule has 0 aromatic carbocycles. The molecule has 0 radical (unpaired) electrons. The predicted octanol–water partition coefficient (Wildman–Crippen LogP) is 3.67. The van der Waals surface area contributed by atoms with E-state index in [1.54, 1.807) is 12.4 Å². The first-order chi connectivity index (χ1) is 11.8. The fourth-order valence-electron chi connectivity index (χ4n) is 3.79. The molecule has 1 aliphatic heterocycles. The number of nitrogens with one attached hydrogen (secondary N) is 1. The summed E-state index contributed by atoms with van der Waals surface area (Å²) in [7, 11) is 0. The zero-order valence-electron chi connectivity index (χ0n) is 14.5. The Morgan fingerprint density at radius 1 is 1.17 bits per heavy atom. The van der Waals surface area contributed by atoms with Gasteiger partial charge in [0.2, 0.25) is 0 Å². The number of ether oxygens (including phenoxy) is 1. The number of pyridine rings is 1. The predicted molar refractivity (Wildman–Crippen MR) is 93.8 cm³/mol. The van der Waals surface area contributed by atoms with Crippen molar-refractivity contribution < 1.29 is 9.53 Å². The molecule has 2 amide bonds. The minimum Gasteiger partial charge on any atom is -0.378 e. The van der Waals surface area contributed by atoms with Crippen LogP contribution in [0.1, 0.15) is 63.0 Å². The Morgan fingerprint density at radius 3 is 2.75 bits per heavy atom. The van der Waals surface area contributed by atoms with Gasteiger partial charge in [0.05, 0.1) is 12.1 Å². The van der Waals surface area contributed by atoms with Crippen LogP contribution in [0.3, 0.4) is 0 Å². The van der Waals surface area contributed by atoms with Crippen molar-refractivity contribution in [3.05, 3.63) is 30.1 Å². The molecule has 5 heteroatoms. The van der Waals surface area contributed by atoms with Crippen molar-refractivity contribution in [1.82, 2.24) is 15.2 Å². The Bertz CT molecular complexity index is 503. The molecule has 132 valence electrons. The Morgan fingerprint density at radius 2 is 1.96 bits per heavy atom. The standard InChI is InChI=1S/C19H29N3O2/c23-19(21-11-5-15-24-17-6-2-1-3-7-17)22-14-4-8-18(22)16-9-12-20-13-10-16/h9-10,12-13,17-18H,1-8,11,14-15H2,(H,21,23). The Hall–Kier alpha value is -1.62. The molecule has 0 spiro atoms. The fourth-order valence-corrected chi connectivity index (χ4v) is 3.79. The summed E-state index contributed by atoms with van der Waals surface area (Å²) in [5, 5.41) is 3.05. The van der Waals surface area contributed by atoms with Crippen LogP contribution in [-0.2, 0) is 4.74 Å². The molecular weight excluding hydrogens is 302 g/mol. The minimum atomic E-state index is 0.0481. The van der Waals surface area contributed by atoms with Crippen molar-refractivity contribution in [2.45, 2.75) is 63.5 Å². The minimum absolute atomic E-state index is 0.0481. The van der Waals surface area contributed by atoms with Crippen molar-refractivity contribution in [1.29, 1.82) is 0 Å². The lowest BCUT2D eigenvalue weighted by Gasteiger charge is -2.25. The van der Waals surface area contributed by atoms with Crippen LogP contribution < -0.4 is 5.32 Å². The van der Waals surface area contributed by atoms with Gasteiger partial charge in [0, 0.05) is 32.1 Å². The fraction of sp³-hybridized carbons (Fsp3) is 0.684. The number of amides is 2. The van der Waals surface area contributed by atoms with Gasteiger partial charge in [-0.15, -0.1) is 0 Å². The molecule has 1 atom stereocenters. The number of carbonyl (C=O) groups excluding carboxylic acids is 1. The van der Waals surface area contributed by atoms with Gasteiger partial charge < -0.3 is 15.0 Å². The lowest BCUT2D eigenvalue weighted by Crippen LogP contribution is -2.40. The summed E-state index contributed by atoms with van der Waals surface area (Å²) in [6, 6.07) is 4.25. The number of hydrogen-bond donors (Lipinski definition) is 1. The van der Waals surface area contributed by atoms with Crippen LogP contribution in [0.4, 0.5) is 4.79 Å². The zero-order chi connectivity index (χ0) is 16.6. The maximum Gasteiger partial charge on any atom is 0.317 e. The van der Waals surface area contributed by atoms with Gasteiger partial charge in [-0.2, -0.15) is 0 Å². The van der Waals surface area contributed by atoms with Crippen molar-refractivity contribution in [2.24, 2.45) is 0 Å². The lowest BCUT2D eigenvalue weighted by atomic mass is 9.98. The Labute approximate surface area is 144 Å². The van der Waals surface area contributed by atoms with Gasteiger partial charge in [-0.1, -0.05) is 19.3 Å². The normalized spacial score (nSPS) is 21.8. The van der Waals surface area contributed by atoms with Gasteiger partial charge in [-0.05, 0) is 49.8 Å². The number of aromatic nitrogens is 1. The Balaban J connectivity index is 1.37. The van der Waals surface area contributed by atoms with E-state index in [-0.39, 0.29) is 12.1 Å². The van der Waals surface area contributed by atoms with E-state index in [2.05, 4.69) is 10.3 Å². The first-order valence-electron chi connectivity index (χ1n) is 9.40. The van der Waals surface area contributed by atoms with Crippen LogP contribution >= 0.6 is 0 Å². The molecule has 1 saturated heterocycles. The highest BCUT2D eigenvalue weighted by Crippen LogP contribution is 2.31. The third kappa shape index (κ3) is 4.69. The molecule has 5 nitrogen and oxygen atoms in total. The summed E-state index contributed by atoms with van der Waals surface area (Å²) < 4.78 is 5.91. The van der Waals surface area contributed by atoms with Gasteiger partial charge >= 0.3 is 6.03 Å². The number of rotatable bonds is 6. The van der Waals surface area contributed by atoms with Crippen LogP contribution in [0.2, 0.25) is 0 Å². The maximum absolute atomic E-state index is 12.5. The van der Waals surface area contributed by atoms with Gasteiger partial charge in [-0.3, -0.25) is 4.98 Å². The van der Waals surface area contributed by atoms with E-state index < -0.39 is 0 Å². The van der Waals surface area contributed by atoms with E-state index in [1.165, 1.54) is 37.7 Å². The van der Waals surface area contributed by atoms with E-state index in [0.29, 0.717) is 12.6 Å². The molecule has 2 aliphatic rings. The van der Waals surface area contributed by atoms with Crippen LogP contribution in [0.15, 0.2) is 24.5 Å². The third-order valence-corrected chi connectivity index (χ3v) is 5.11. The molecule has 24 heavy (non-hydrogen) atoms. The van der Waals surface area contributed by atoms with Crippen molar-refractivity contribution in [2.75, 3.05) is 19.7 Å². The molecular formula is C19H29N3O2. The molecule has 1 N–H and O–H groups in total. The highest BCUT2D eigenvalue weighted by molar-refractivity contribution is 5.75. The van der Waals surface area contributed by atoms with Gasteiger partial charge in [0.25, 0.3) is 0 Å². The summed E-state index contributed by atoms with van der Waals surface area (Å²) in [6.45, 7) is 2.27. The molecule has 1 aliphatic carbocycles. The second-order valence-corrected chi connectivity index (χ2v) is 6.85. The molecule has 2 fully saturated rings. The van der Waals surface area contributed by atoms with E-state index in [0.717, 1.165) is 32.4 Å². The average molecular weight is 331 g/mol. The molecule has 3 rings (SSSR count). The summed E-state index contributed by atoms with van der Waals surface area (Å²) in [5.41, 5.74) is 1.18. The summed E-state index contributed by atoms with van der Waals surface area (Å²) in [4.78, 5) is 18.5. The smallest absolute Gasteiger partial charge is 0.317 e. The van der Waals surface area contributed by atoms with Crippen molar-refractivity contribution in [3.63, 3.8) is 0 Å². The molecule has 1 aromatic rings. The number of likely N-dealkylation sites (tertiary alicyclic amines) is 1. The first kappa shape index (κ1) is 17.2. The van der Waals surface area contributed by atoms with Crippen molar-refractivity contribution >= 4 is 6.03 Å². The number of hydrogen-bond acceptors (Lipinski definition) is 3. The van der Waals surface area contributed by atoms with Crippen molar-refractivity contribution in [3.8, 4) is 0 Å². The van der Waals surface area contributed by atoms with Crippen LogP contribution in [-0.4, -0.2) is 41.7 Å². The van der Waals surface area contributed by atoms with Crippen LogP contribution in [0.25, 0.3) is 0 Å². The lowest BCUT2D eigenvalue weighted by molar-refractivity contribution is 0.0274. The van der Waals surface area contributed by atoms with Crippen LogP contribution in [0, 0.1) is 0 Å². The summed E-state index contributed by atoms with van der Waals surface area (Å²) in [5.74, 6) is 0. The van der Waals surface area contributed by atoms with E-state index >= 15 is 0 Å². The van der Waals surface area contributed by atoms with E-state index in [9.17, 15) is 4.79 Å². The molecule has 1 aromatic heterocycles. The number of urea groups is 1. The summed E-state index contributed by atoms with van der Waals surface area (Å²) >= 11 is 0. The molecule has 0 bridgehead atoms. The highest BCUT2D eigenvalue weighted by atomic mass is 16.5. The topological polar surface area (TPSA) is 54.5 Å². The third-order valence-electron chi connectivity index (χ3n) is 5.11. The second kappa shape index (κ2) is 9.02. The van der Waals surface area contributed by atoms with E-state index in [1.807, 2.05) is 17.0 Å². The van der Waals surface area contributed by atoms with Gasteiger partial charge in [-0.25, -0.2) is 4.79 Å². The SMILES string of the molecule is O=C(NCCCOC1CCCCC1)N1CCCC1c1ccncc1. The average Bonchev–Trinajstić information content (AvgIpc) is 3.13. The highest BCUT2D eigenvalue weighted by Gasteiger charge is 2.29. The summed E-state index contributed by atoms with van der Waals surface area (Å²) in [6.07, 6.45) is 13.4. The molecule has 1 unspecified atom stereocenters. The number of nitrogens with zero attached hydrogens (tertiary/aromatic N) is 2. The molecule has 2 heterocycles. The largest absolute Gasteiger partial charge is 0.378 e. The zero-order valence-corrected chi connectivity index (χ0v) is 14.5. The number of carbonyl (C=O) groups is 1. The van der Waals surface area contributed by atoms with E-state index in [4.69, 9.17) is 4.74 Å². The van der Waals surface area contributed by atoms with Gasteiger partial charge in [0.15, 0.2) is 0 Å². The maximum atomic E-state index is 12.5.